The number of ether oxygens (including phenoxy) is 1. The molecule has 0 saturated carbocycles. The Morgan fingerprint density at radius 2 is 1.85 bits per heavy atom. The minimum atomic E-state index is -0.156. The van der Waals surface area contributed by atoms with Gasteiger partial charge < -0.3 is 10.1 Å². The van der Waals surface area contributed by atoms with E-state index in [1.54, 1.807) is 0 Å². The van der Waals surface area contributed by atoms with E-state index in [-0.39, 0.29) is 24.3 Å². The fourth-order valence-electron chi connectivity index (χ4n) is 3.51. The van der Waals surface area contributed by atoms with Gasteiger partial charge in [-0.15, -0.1) is 0 Å². The Balaban J connectivity index is 1.62. The molecule has 27 heavy (non-hydrogen) atoms. The topological polar surface area (TPSA) is 58.6 Å². The predicted molar refractivity (Wildman–Crippen MR) is 106 cm³/mol. The van der Waals surface area contributed by atoms with Crippen LogP contribution < -0.4 is 5.32 Å². The van der Waals surface area contributed by atoms with Crippen molar-refractivity contribution in [2.75, 3.05) is 31.6 Å². The average Bonchev–Trinajstić information content (AvgIpc) is 2.69. The van der Waals surface area contributed by atoms with E-state index in [1.807, 2.05) is 66.4 Å². The third kappa shape index (κ3) is 5.17. The summed E-state index contributed by atoms with van der Waals surface area (Å²) in [6.07, 6.45) is 1.73. The molecule has 1 amide bonds. The number of para-hydroxylation sites is 1. The van der Waals surface area contributed by atoms with Crippen LogP contribution in [0.2, 0.25) is 0 Å². The van der Waals surface area contributed by atoms with Crippen LogP contribution in [0.4, 0.5) is 5.69 Å². The van der Waals surface area contributed by atoms with Gasteiger partial charge in [-0.25, -0.2) is 0 Å². The zero-order chi connectivity index (χ0) is 19.1. The smallest absolute Gasteiger partial charge is 0.310 e. The SMILES string of the molecule is CCOC(=O)[C@H]1CCCN(CC(=O)Nc2ccccc2-c2ccccc2)C1. The van der Waals surface area contributed by atoms with E-state index in [0.717, 1.165) is 36.2 Å². The van der Waals surface area contributed by atoms with Gasteiger partial charge >= 0.3 is 5.97 Å². The molecule has 1 atom stereocenters. The highest BCUT2D eigenvalue weighted by molar-refractivity contribution is 5.96. The summed E-state index contributed by atoms with van der Waals surface area (Å²) in [6.45, 7) is 3.89. The van der Waals surface area contributed by atoms with Crippen molar-refractivity contribution in [1.29, 1.82) is 0 Å². The Bertz CT molecular complexity index is 776. The van der Waals surface area contributed by atoms with Gasteiger partial charge in [0.1, 0.15) is 0 Å². The molecule has 0 aliphatic carbocycles. The molecule has 1 heterocycles. The molecular formula is C22H26N2O3. The number of rotatable bonds is 6. The fraction of sp³-hybridized carbons (Fsp3) is 0.364. The Morgan fingerprint density at radius 1 is 1.11 bits per heavy atom. The molecule has 0 aromatic heterocycles. The number of amides is 1. The molecule has 0 spiro atoms. The number of hydrogen-bond donors (Lipinski definition) is 1. The van der Waals surface area contributed by atoms with Crippen LogP contribution in [-0.4, -0.2) is 43.0 Å². The molecule has 3 rings (SSSR count). The normalized spacial score (nSPS) is 17.3. The maximum Gasteiger partial charge on any atom is 0.310 e. The molecule has 1 saturated heterocycles. The Morgan fingerprint density at radius 3 is 2.63 bits per heavy atom. The average molecular weight is 366 g/mol. The molecule has 1 aliphatic rings. The summed E-state index contributed by atoms with van der Waals surface area (Å²) in [5.41, 5.74) is 2.86. The summed E-state index contributed by atoms with van der Waals surface area (Å²) in [6, 6.07) is 17.8. The monoisotopic (exact) mass is 366 g/mol. The molecule has 142 valence electrons. The first-order valence-electron chi connectivity index (χ1n) is 9.50. The lowest BCUT2D eigenvalue weighted by Gasteiger charge is -2.30. The van der Waals surface area contributed by atoms with Crippen LogP contribution >= 0.6 is 0 Å². The second kappa shape index (κ2) is 9.33. The summed E-state index contributed by atoms with van der Waals surface area (Å²) >= 11 is 0. The van der Waals surface area contributed by atoms with Crippen molar-refractivity contribution in [3.8, 4) is 11.1 Å². The largest absolute Gasteiger partial charge is 0.466 e. The second-order valence-electron chi connectivity index (χ2n) is 6.79. The first-order valence-corrected chi connectivity index (χ1v) is 9.50. The Labute approximate surface area is 160 Å². The molecule has 5 heteroatoms. The van der Waals surface area contributed by atoms with Gasteiger partial charge in [0.2, 0.25) is 5.91 Å². The number of nitrogens with one attached hydrogen (secondary N) is 1. The number of carbonyl (C=O) groups is 2. The highest BCUT2D eigenvalue weighted by Gasteiger charge is 2.27. The molecule has 1 N–H and O–H groups in total. The van der Waals surface area contributed by atoms with Crippen LogP contribution in [0.15, 0.2) is 54.6 Å². The van der Waals surface area contributed by atoms with Crippen LogP contribution in [0, 0.1) is 5.92 Å². The number of likely N-dealkylation sites (tertiary alicyclic amines) is 1. The summed E-state index contributed by atoms with van der Waals surface area (Å²) in [4.78, 5) is 26.6. The molecule has 2 aromatic carbocycles. The molecule has 1 aliphatic heterocycles. The van der Waals surface area contributed by atoms with Crippen molar-refractivity contribution in [2.45, 2.75) is 19.8 Å². The van der Waals surface area contributed by atoms with Crippen LogP contribution in [-0.2, 0) is 14.3 Å². The Kier molecular flexibility index (Phi) is 6.60. The lowest BCUT2D eigenvalue weighted by Crippen LogP contribution is -2.43. The van der Waals surface area contributed by atoms with E-state index in [2.05, 4.69) is 5.32 Å². The van der Waals surface area contributed by atoms with Gasteiger partial charge in [-0.3, -0.25) is 14.5 Å². The molecule has 5 nitrogen and oxygen atoms in total. The van der Waals surface area contributed by atoms with Crippen molar-refractivity contribution >= 4 is 17.6 Å². The number of hydrogen-bond acceptors (Lipinski definition) is 4. The number of benzene rings is 2. The van der Waals surface area contributed by atoms with Crippen LogP contribution in [0.1, 0.15) is 19.8 Å². The van der Waals surface area contributed by atoms with Crippen LogP contribution in [0.5, 0.6) is 0 Å². The number of nitrogens with zero attached hydrogens (tertiary/aromatic N) is 1. The van der Waals surface area contributed by atoms with E-state index < -0.39 is 0 Å². The van der Waals surface area contributed by atoms with E-state index in [0.29, 0.717) is 13.2 Å². The zero-order valence-electron chi connectivity index (χ0n) is 15.7. The minimum absolute atomic E-state index is 0.0668. The van der Waals surface area contributed by atoms with E-state index in [9.17, 15) is 9.59 Å². The molecule has 0 bridgehead atoms. The van der Waals surface area contributed by atoms with Gasteiger partial charge in [0, 0.05) is 17.8 Å². The lowest BCUT2D eigenvalue weighted by atomic mass is 9.98. The summed E-state index contributed by atoms with van der Waals surface area (Å²) in [5, 5.41) is 3.03. The third-order valence-electron chi connectivity index (χ3n) is 4.78. The van der Waals surface area contributed by atoms with Crippen molar-refractivity contribution in [3.63, 3.8) is 0 Å². The highest BCUT2D eigenvalue weighted by Crippen LogP contribution is 2.27. The third-order valence-corrected chi connectivity index (χ3v) is 4.78. The van der Waals surface area contributed by atoms with Crippen LogP contribution in [0.25, 0.3) is 11.1 Å². The molecule has 0 radical (unpaired) electrons. The zero-order valence-corrected chi connectivity index (χ0v) is 15.7. The summed E-state index contributed by atoms with van der Waals surface area (Å²) in [7, 11) is 0. The molecule has 0 unspecified atom stereocenters. The number of piperidine rings is 1. The van der Waals surface area contributed by atoms with Crippen molar-refractivity contribution in [2.24, 2.45) is 5.92 Å². The van der Waals surface area contributed by atoms with Gasteiger partial charge in [-0.05, 0) is 37.9 Å². The quantitative estimate of drug-likeness (QED) is 0.794. The van der Waals surface area contributed by atoms with Gasteiger partial charge in [0.05, 0.1) is 19.1 Å². The van der Waals surface area contributed by atoms with E-state index in [4.69, 9.17) is 4.74 Å². The number of anilines is 1. The van der Waals surface area contributed by atoms with E-state index >= 15 is 0 Å². The van der Waals surface area contributed by atoms with Crippen molar-refractivity contribution in [3.05, 3.63) is 54.6 Å². The molecular weight excluding hydrogens is 340 g/mol. The Hall–Kier alpha value is -2.66. The first-order chi connectivity index (χ1) is 13.2. The second-order valence-corrected chi connectivity index (χ2v) is 6.79. The molecule has 2 aromatic rings. The number of esters is 1. The highest BCUT2D eigenvalue weighted by atomic mass is 16.5. The summed E-state index contributed by atoms with van der Waals surface area (Å²) < 4.78 is 5.13. The van der Waals surface area contributed by atoms with E-state index in [1.165, 1.54) is 0 Å². The summed E-state index contributed by atoms with van der Waals surface area (Å²) in [5.74, 6) is -0.358. The lowest BCUT2D eigenvalue weighted by molar-refractivity contribution is -0.150. The van der Waals surface area contributed by atoms with Crippen molar-refractivity contribution in [1.82, 2.24) is 4.90 Å². The number of carbonyl (C=O) groups excluding carboxylic acids is 2. The maximum absolute atomic E-state index is 12.6. The first kappa shape index (κ1) is 19.1. The van der Waals surface area contributed by atoms with Gasteiger partial charge in [-0.2, -0.15) is 0 Å². The van der Waals surface area contributed by atoms with Crippen LogP contribution in [0.3, 0.4) is 0 Å². The van der Waals surface area contributed by atoms with Gasteiger partial charge in [0.25, 0.3) is 0 Å². The predicted octanol–water partition coefficient (Wildman–Crippen LogP) is 3.57. The minimum Gasteiger partial charge on any atom is -0.466 e. The van der Waals surface area contributed by atoms with Crippen molar-refractivity contribution < 1.29 is 14.3 Å². The fourth-order valence-corrected chi connectivity index (χ4v) is 3.51. The molecule has 1 fully saturated rings. The standard InChI is InChI=1S/C22H26N2O3/c1-2-27-22(26)18-11-8-14-24(15-18)16-21(25)23-20-13-7-6-12-19(20)17-9-4-3-5-10-17/h3-7,9-10,12-13,18H,2,8,11,14-16H2,1H3,(H,23,25)/t18-/m0/s1. The van der Waals surface area contributed by atoms with Gasteiger partial charge in [0.15, 0.2) is 0 Å². The van der Waals surface area contributed by atoms with Gasteiger partial charge in [-0.1, -0.05) is 48.5 Å². The maximum atomic E-state index is 12.6.